The van der Waals surface area contributed by atoms with Gasteiger partial charge in [0.25, 0.3) is 0 Å². The van der Waals surface area contributed by atoms with Gasteiger partial charge in [0.1, 0.15) is 11.9 Å². The molecule has 0 N–H and O–H groups in total. The van der Waals surface area contributed by atoms with E-state index in [1.54, 1.807) is 13.3 Å². The van der Waals surface area contributed by atoms with E-state index in [0.29, 0.717) is 0 Å². The van der Waals surface area contributed by atoms with Gasteiger partial charge in [-0.15, -0.1) is 0 Å². The molecular formula is C38H60ClLiN4O2P2. The Morgan fingerprint density at radius 1 is 0.729 bits per heavy atom. The van der Waals surface area contributed by atoms with Gasteiger partial charge in [0.15, 0.2) is 0 Å². The second kappa shape index (κ2) is 19.2. The first-order valence-corrected chi connectivity index (χ1v) is 20.0. The summed E-state index contributed by atoms with van der Waals surface area (Å²) in [5, 5.41) is 0.717. The fourth-order valence-electron chi connectivity index (χ4n) is 5.30. The Kier molecular flexibility index (Phi) is 18.6. The number of para-hydroxylation sites is 4. The summed E-state index contributed by atoms with van der Waals surface area (Å²) in [7, 11) is -0.997. The molecule has 0 bridgehead atoms. The Labute approximate surface area is 311 Å². The molecule has 0 atom stereocenters. The van der Waals surface area contributed by atoms with E-state index < -0.39 is 15.2 Å². The quantitative estimate of drug-likeness (QED) is 0.119. The van der Waals surface area contributed by atoms with Gasteiger partial charge in [0.2, 0.25) is 11.8 Å². The molecule has 262 valence electrons. The SMILES string of the molecule is CC(=O)n1c(P(C(C)(C)C)C(C)(C)C)nc2ccccc21.CC(=O)n1cnc2ccccc21.CC(C)(C)P(Cl)C(C)(C)C.[CH2-]CCC.[Li+]. The summed E-state index contributed by atoms with van der Waals surface area (Å²) in [5.74, 6) is 0.0309. The number of hydrogen-bond donors (Lipinski definition) is 0. The number of nitrogens with zero attached hydrogens (tertiary/aromatic N) is 4. The maximum atomic E-state index is 12.2. The first-order valence-electron chi connectivity index (χ1n) is 16.4. The van der Waals surface area contributed by atoms with Gasteiger partial charge in [-0.05, 0) is 52.8 Å². The second-order valence-corrected chi connectivity index (χ2v) is 23.5. The normalized spacial score (nSPS) is 12.0. The van der Waals surface area contributed by atoms with Crippen LogP contribution in [0.15, 0.2) is 54.9 Å². The molecule has 0 fully saturated rings. The molecule has 0 saturated carbocycles. The van der Waals surface area contributed by atoms with Gasteiger partial charge in [-0.3, -0.25) is 18.7 Å². The van der Waals surface area contributed by atoms with Crippen LogP contribution in [0.5, 0.6) is 0 Å². The number of hydrogen-bond acceptors (Lipinski definition) is 4. The van der Waals surface area contributed by atoms with E-state index in [1.165, 1.54) is 17.9 Å². The standard InChI is InChI=1S/C17H25N2OP.C9H8N2O.C8H18ClP.C4H9.Li/c1-12(20)19-14-11-9-8-10-13(14)18-15(19)21(16(2,3)4)17(5,6)7;1-7(12)11-6-10-8-4-2-3-5-9(8)11;1-7(2,3)10(9)8(4,5)6;1-3-4-2;/h8-11H,1-7H3;2-6H,1H3;1-6H3;1,3-4H2,2H3;/q;;;-1;+1. The zero-order chi connectivity index (χ0) is 36.5. The monoisotopic (exact) mass is 708 g/mol. The third-order valence-electron chi connectivity index (χ3n) is 6.72. The summed E-state index contributed by atoms with van der Waals surface area (Å²) in [6, 6.07) is 15.5. The maximum Gasteiger partial charge on any atom is 1.00 e. The predicted molar refractivity (Wildman–Crippen MR) is 211 cm³/mol. The van der Waals surface area contributed by atoms with Crippen molar-refractivity contribution >= 4 is 65.9 Å². The van der Waals surface area contributed by atoms with Crippen LogP contribution >= 0.6 is 26.4 Å². The molecule has 48 heavy (non-hydrogen) atoms. The smallest absolute Gasteiger partial charge is 0.343 e. The second-order valence-electron chi connectivity index (χ2n) is 15.5. The predicted octanol–water partition coefficient (Wildman–Crippen LogP) is 8.94. The molecule has 0 aliphatic rings. The van der Waals surface area contributed by atoms with Crippen LogP contribution in [0.3, 0.4) is 0 Å². The number of unbranched alkanes of at least 4 members (excludes halogenated alkanes) is 1. The van der Waals surface area contributed by atoms with Crippen molar-refractivity contribution in [2.45, 2.75) is 137 Å². The number of imidazole rings is 2. The molecule has 4 rings (SSSR count). The van der Waals surface area contributed by atoms with Crippen LogP contribution in [0.2, 0.25) is 0 Å². The summed E-state index contributed by atoms with van der Waals surface area (Å²) in [4.78, 5) is 32.2. The Morgan fingerprint density at radius 2 is 1.15 bits per heavy atom. The van der Waals surface area contributed by atoms with E-state index in [2.05, 4.69) is 102 Å². The van der Waals surface area contributed by atoms with Gasteiger partial charge in [0.05, 0.1) is 22.1 Å². The van der Waals surface area contributed by atoms with Crippen LogP contribution in [0, 0.1) is 6.92 Å². The molecular weight excluding hydrogens is 649 g/mol. The van der Waals surface area contributed by atoms with Crippen molar-refractivity contribution in [1.82, 2.24) is 19.1 Å². The van der Waals surface area contributed by atoms with Gasteiger partial charge in [-0.2, -0.15) is 6.42 Å². The number of carbonyl (C=O) groups is 2. The van der Waals surface area contributed by atoms with E-state index in [4.69, 9.17) is 16.2 Å². The molecule has 0 aliphatic heterocycles. The fourth-order valence-corrected chi connectivity index (χ4v) is 11.2. The molecule has 0 amide bonds. The van der Waals surface area contributed by atoms with E-state index >= 15 is 0 Å². The van der Waals surface area contributed by atoms with Crippen molar-refractivity contribution < 1.29 is 28.4 Å². The first-order chi connectivity index (χ1) is 21.4. The third-order valence-corrected chi connectivity index (χ3v) is 15.5. The molecule has 2 aromatic heterocycles. The average Bonchev–Trinajstić information content (AvgIpc) is 3.52. The Balaban J connectivity index is 0.000000696. The molecule has 0 spiro atoms. The number of halogens is 1. The largest absolute Gasteiger partial charge is 1.00 e. The van der Waals surface area contributed by atoms with Gasteiger partial charge >= 0.3 is 18.9 Å². The molecule has 10 heteroatoms. The topological polar surface area (TPSA) is 69.8 Å². The molecule has 0 saturated heterocycles. The van der Waals surface area contributed by atoms with Crippen LogP contribution in [0.1, 0.15) is 126 Å². The molecule has 4 aromatic rings. The van der Waals surface area contributed by atoms with Crippen molar-refractivity contribution in [1.29, 1.82) is 0 Å². The third kappa shape index (κ3) is 13.6. The van der Waals surface area contributed by atoms with E-state index in [0.717, 1.165) is 34.1 Å². The fraction of sp³-hybridized carbons (Fsp3) is 0.553. The molecule has 2 aromatic carbocycles. The molecule has 0 radical (unpaired) electrons. The van der Waals surface area contributed by atoms with Crippen LogP contribution in [0.4, 0.5) is 0 Å². The van der Waals surface area contributed by atoms with Gasteiger partial charge in [-0.1, -0.05) is 132 Å². The van der Waals surface area contributed by atoms with Gasteiger partial charge < -0.3 is 6.92 Å². The van der Waals surface area contributed by atoms with E-state index in [-0.39, 0.29) is 51.3 Å². The minimum Gasteiger partial charge on any atom is -0.343 e. The number of benzene rings is 2. The van der Waals surface area contributed by atoms with Crippen molar-refractivity contribution in [3.05, 3.63) is 61.8 Å². The Hall–Kier alpha value is -1.53. The van der Waals surface area contributed by atoms with Crippen LogP contribution in [0.25, 0.3) is 22.1 Å². The Morgan fingerprint density at radius 3 is 1.50 bits per heavy atom. The van der Waals surface area contributed by atoms with Crippen molar-refractivity contribution in [2.24, 2.45) is 0 Å². The average molecular weight is 709 g/mol. The van der Waals surface area contributed by atoms with Gasteiger partial charge in [-0.25, -0.2) is 9.97 Å². The van der Waals surface area contributed by atoms with E-state index in [1.807, 2.05) is 53.1 Å². The maximum absolute atomic E-state index is 12.2. The molecule has 6 nitrogen and oxygen atoms in total. The molecule has 2 heterocycles. The van der Waals surface area contributed by atoms with Crippen molar-refractivity contribution in [3.8, 4) is 0 Å². The van der Waals surface area contributed by atoms with Crippen LogP contribution in [-0.2, 0) is 0 Å². The zero-order valence-electron chi connectivity index (χ0n) is 32.7. The molecule has 0 unspecified atom stereocenters. The van der Waals surface area contributed by atoms with Crippen molar-refractivity contribution in [3.63, 3.8) is 0 Å². The van der Waals surface area contributed by atoms with Crippen molar-refractivity contribution in [2.75, 3.05) is 0 Å². The summed E-state index contributed by atoms with van der Waals surface area (Å²) < 4.78 is 3.35. The molecule has 0 aliphatic carbocycles. The minimum absolute atomic E-state index is 0. The van der Waals surface area contributed by atoms with Crippen LogP contribution in [-0.4, -0.2) is 51.5 Å². The van der Waals surface area contributed by atoms with Crippen LogP contribution < -0.4 is 24.4 Å². The summed E-state index contributed by atoms with van der Waals surface area (Å²) in [5.41, 5.74) is 4.49. The summed E-state index contributed by atoms with van der Waals surface area (Å²) in [6.45, 7) is 35.6. The number of rotatable bonds is 2. The number of aromatic nitrogens is 4. The summed E-state index contributed by atoms with van der Waals surface area (Å²) >= 11 is 6.30. The summed E-state index contributed by atoms with van der Waals surface area (Å²) in [6.07, 6.45) is 3.83. The zero-order valence-corrected chi connectivity index (χ0v) is 35.2. The van der Waals surface area contributed by atoms with E-state index in [9.17, 15) is 9.59 Å². The first kappa shape index (κ1) is 46.5. The number of fused-ring (bicyclic) bond motifs is 2. The number of carbonyl (C=O) groups excluding carboxylic acids is 2. The Bertz CT molecular complexity index is 1560. The minimum atomic E-state index is -0.607. The van der Waals surface area contributed by atoms with Gasteiger partial charge in [0, 0.05) is 21.1 Å².